The van der Waals surface area contributed by atoms with Crippen LogP contribution in [-0.4, -0.2) is 42.0 Å². The normalized spacial score (nSPS) is 9.59. The molecule has 9 heteroatoms. The number of nitrogens with zero attached hydrogens (tertiary/aromatic N) is 2. The molecule has 9 nitrogen and oxygen atoms in total. The molecule has 0 radical (unpaired) electrons. The van der Waals surface area contributed by atoms with Gasteiger partial charge in [0, 0.05) is 32.0 Å². The van der Waals surface area contributed by atoms with Crippen LogP contribution in [0.15, 0.2) is 42.6 Å². The van der Waals surface area contributed by atoms with Gasteiger partial charge in [-0.2, -0.15) is 0 Å². The summed E-state index contributed by atoms with van der Waals surface area (Å²) in [5.41, 5.74) is 0.0325. The molecule has 1 aromatic carbocycles. The number of carbonyl (C=O) groups is 2. The van der Waals surface area contributed by atoms with E-state index in [1.807, 2.05) is 13.8 Å². The lowest BCUT2D eigenvalue weighted by molar-refractivity contribution is -0.384. The van der Waals surface area contributed by atoms with E-state index in [1.165, 1.54) is 31.5 Å². The zero-order valence-electron chi connectivity index (χ0n) is 15.4. The summed E-state index contributed by atoms with van der Waals surface area (Å²) in [6, 6.07) is 8.45. The molecule has 0 spiro atoms. The predicted octanol–water partition coefficient (Wildman–Crippen LogP) is 2.64. The number of hydrogen-bond acceptors (Lipinski definition) is 6. The molecule has 2 amide bonds. The Morgan fingerprint density at radius 2 is 1.93 bits per heavy atom. The Kier molecular flexibility index (Phi) is 9.10. The van der Waals surface area contributed by atoms with Gasteiger partial charge in [0.2, 0.25) is 0 Å². The van der Waals surface area contributed by atoms with Crippen LogP contribution in [0.1, 0.15) is 34.7 Å². The summed E-state index contributed by atoms with van der Waals surface area (Å²) in [7, 11) is 1.48. The highest BCUT2D eigenvalue weighted by Crippen LogP contribution is 2.22. The number of pyridine rings is 1. The second kappa shape index (κ2) is 11.3. The molecule has 0 aliphatic carbocycles. The fraction of sp³-hybridized carbons (Fsp3) is 0.278. The summed E-state index contributed by atoms with van der Waals surface area (Å²) in [4.78, 5) is 38.7. The van der Waals surface area contributed by atoms with Crippen LogP contribution in [0.5, 0.6) is 0 Å². The van der Waals surface area contributed by atoms with Gasteiger partial charge < -0.3 is 15.4 Å². The van der Waals surface area contributed by atoms with Crippen molar-refractivity contribution in [1.82, 2.24) is 10.3 Å². The van der Waals surface area contributed by atoms with Crippen molar-refractivity contribution in [2.45, 2.75) is 13.8 Å². The Morgan fingerprint density at radius 3 is 2.52 bits per heavy atom. The number of nitro groups is 1. The van der Waals surface area contributed by atoms with Crippen LogP contribution in [0.2, 0.25) is 0 Å². The minimum Gasteiger partial charge on any atom is -0.383 e. The molecular formula is C18H22N4O5. The summed E-state index contributed by atoms with van der Waals surface area (Å²) in [5, 5.41) is 16.1. The maximum absolute atomic E-state index is 12.3. The molecule has 2 rings (SSSR count). The minimum absolute atomic E-state index is 0.0189. The van der Waals surface area contributed by atoms with E-state index >= 15 is 0 Å². The van der Waals surface area contributed by atoms with Crippen molar-refractivity contribution in [3.63, 3.8) is 0 Å². The van der Waals surface area contributed by atoms with Crippen LogP contribution in [0.25, 0.3) is 0 Å². The van der Waals surface area contributed by atoms with E-state index in [0.29, 0.717) is 0 Å². The fourth-order valence-electron chi connectivity index (χ4n) is 1.99. The Balaban J connectivity index is 0.00000176. The van der Waals surface area contributed by atoms with Crippen LogP contribution in [0.3, 0.4) is 0 Å². The quantitative estimate of drug-likeness (QED) is 0.436. The van der Waals surface area contributed by atoms with Gasteiger partial charge >= 0.3 is 0 Å². The van der Waals surface area contributed by atoms with Crippen LogP contribution in [0, 0.1) is 10.1 Å². The number of hydrogen-bond donors (Lipinski definition) is 2. The number of benzene rings is 1. The molecule has 0 unspecified atom stereocenters. The standard InChI is InChI=1S/C16H16N4O5.C2H6/c1-25-9-8-18-15(21)12-10-11(20(23)24)5-6-13(12)19-16(22)14-4-2-3-7-17-14;1-2/h2-7,10H,8-9H2,1H3,(H,18,21)(H,19,22);1-2H3. The number of rotatable bonds is 7. The molecule has 0 atom stereocenters. The summed E-state index contributed by atoms with van der Waals surface area (Å²) >= 11 is 0. The second-order valence-corrected chi connectivity index (χ2v) is 4.90. The minimum atomic E-state index is -0.615. The first-order valence-corrected chi connectivity index (χ1v) is 8.31. The lowest BCUT2D eigenvalue weighted by atomic mass is 10.1. The molecule has 0 aliphatic rings. The number of methoxy groups -OCH3 is 1. The highest BCUT2D eigenvalue weighted by atomic mass is 16.6. The number of aromatic nitrogens is 1. The van der Waals surface area contributed by atoms with Gasteiger partial charge in [-0.05, 0) is 18.2 Å². The average Bonchev–Trinajstić information content (AvgIpc) is 2.70. The number of non-ortho nitro benzene ring substituents is 1. The first kappa shape index (κ1) is 21.7. The van der Waals surface area contributed by atoms with Gasteiger partial charge in [-0.3, -0.25) is 24.7 Å². The number of nitrogens with one attached hydrogen (secondary N) is 2. The number of amides is 2. The van der Waals surface area contributed by atoms with Gasteiger partial charge in [0.1, 0.15) is 5.69 Å². The molecule has 27 heavy (non-hydrogen) atoms. The van der Waals surface area contributed by atoms with Gasteiger partial charge in [-0.1, -0.05) is 19.9 Å². The third-order valence-corrected chi connectivity index (χ3v) is 3.20. The largest absolute Gasteiger partial charge is 0.383 e. The maximum atomic E-state index is 12.3. The van der Waals surface area contributed by atoms with E-state index in [1.54, 1.807) is 12.1 Å². The predicted molar refractivity (Wildman–Crippen MR) is 101 cm³/mol. The topological polar surface area (TPSA) is 123 Å². The number of anilines is 1. The number of nitro benzene ring substituents is 1. The Bertz CT molecular complexity index is 781. The molecule has 2 aromatic rings. The lowest BCUT2D eigenvalue weighted by Gasteiger charge is -2.11. The van der Waals surface area contributed by atoms with Crippen LogP contribution in [-0.2, 0) is 4.74 Å². The molecule has 1 aromatic heterocycles. The van der Waals surface area contributed by atoms with E-state index in [-0.39, 0.29) is 35.8 Å². The summed E-state index contributed by atoms with van der Waals surface area (Å²) in [5.74, 6) is -1.09. The SMILES string of the molecule is CC.COCCNC(=O)c1cc([N+](=O)[O-])ccc1NC(=O)c1ccccn1. The maximum Gasteiger partial charge on any atom is 0.274 e. The van der Waals surface area contributed by atoms with E-state index in [4.69, 9.17) is 4.74 Å². The lowest BCUT2D eigenvalue weighted by Crippen LogP contribution is -2.28. The van der Waals surface area contributed by atoms with Crippen molar-refractivity contribution in [2.75, 3.05) is 25.6 Å². The van der Waals surface area contributed by atoms with Gasteiger partial charge in [0.05, 0.1) is 22.8 Å². The zero-order valence-corrected chi connectivity index (χ0v) is 15.4. The van der Waals surface area contributed by atoms with E-state index < -0.39 is 16.7 Å². The van der Waals surface area contributed by atoms with Crippen LogP contribution >= 0.6 is 0 Å². The molecule has 0 fully saturated rings. The van der Waals surface area contributed by atoms with Gasteiger partial charge in [0.25, 0.3) is 17.5 Å². The molecule has 0 bridgehead atoms. The zero-order chi connectivity index (χ0) is 20.2. The third-order valence-electron chi connectivity index (χ3n) is 3.20. The first-order valence-electron chi connectivity index (χ1n) is 8.31. The Labute approximate surface area is 156 Å². The summed E-state index contributed by atoms with van der Waals surface area (Å²) in [6.45, 7) is 4.52. The summed E-state index contributed by atoms with van der Waals surface area (Å²) in [6.07, 6.45) is 1.46. The fourth-order valence-corrected chi connectivity index (χ4v) is 1.99. The molecule has 0 aliphatic heterocycles. The van der Waals surface area contributed by atoms with Crippen molar-refractivity contribution in [2.24, 2.45) is 0 Å². The molecular weight excluding hydrogens is 352 g/mol. The average molecular weight is 374 g/mol. The van der Waals surface area contributed by atoms with Crippen LogP contribution in [0.4, 0.5) is 11.4 Å². The van der Waals surface area contributed by atoms with Crippen molar-refractivity contribution < 1.29 is 19.2 Å². The van der Waals surface area contributed by atoms with Gasteiger partial charge in [-0.25, -0.2) is 0 Å². The molecule has 0 saturated heterocycles. The molecule has 2 N–H and O–H groups in total. The van der Waals surface area contributed by atoms with Gasteiger partial charge in [-0.15, -0.1) is 0 Å². The van der Waals surface area contributed by atoms with Crippen molar-refractivity contribution in [3.05, 3.63) is 64.0 Å². The summed E-state index contributed by atoms with van der Waals surface area (Å²) < 4.78 is 4.84. The van der Waals surface area contributed by atoms with E-state index in [2.05, 4.69) is 15.6 Å². The van der Waals surface area contributed by atoms with Crippen molar-refractivity contribution in [3.8, 4) is 0 Å². The highest BCUT2D eigenvalue weighted by molar-refractivity contribution is 6.08. The number of carbonyl (C=O) groups excluding carboxylic acids is 2. The smallest absolute Gasteiger partial charge is 0.274 e. The molecule has 144 valence electrons. The van der Waals surface area contributed by atoms with Crippen LogP contribution < -0.4 is 10.6 Å². The number of ether oxygens (including phenoxy) is 1. The third kappa shape index (κ3) is 6.48. The van der Waals surface area contributed by atoms with Crippen molar-refractivity contribution in [1.29, 1.82) is 0 Å². The highest BCUT2D eigenvalue weighted by Gasteiger charge is 2.19. The molecule has 0 saturated carbocycles. The molecule has 1 heterocycles. The monoisotopic (exact) mass is 374 g/mol. The van der Waals surface area contributed by atoms with Crippen molar-refractivity contribution >= 4 is 23.2 Å². The second-order valence-electron chi connectivity index (χ2n) is 4.90. The Hall–Kier alpha value is -3.33. The van der Waals surface area contributed by atoms with Gasteiger partial charge in [0.15, 0.2) is 0 Å². The van der Waals surface area contributed by atoms with E-state index in [0.717, 1.165) is 6.07 Å². The van der Waals surface area contributed by atoms with E-state index in [9.17, 15) is 19.7 Å². The Morgan fingerprint density at radius 1 is 1.19 bits per heavy atom. The first-order chi connectivity index (χ1) is 13.0.